The van der Waals surface area contributed by atoms with E-state index in [9.17, 15) is 13.5 Å². The molecule has 0 bridgehead atoms. The zero-order valence-corrected chi connectivity index (χ0v) is 16.4. The van der Waals surface area contributed by atoms with Gasteiger partial charge in [-0.15, -0.1) is 0 Å². The van der Waals surface area contributed by atoms with Gasteiger partial charge in [0.1, 0.15) is 5.75 Å². The molecule has 2 rings (SSSR count). The van der Waals surface area contributed by atoms with E-state index in [4.69, 9.17) is 4.74 Å². The first-order chi connectivity index (χ1) is 12.2. The number of rotatable bonds is 8. The van der Waals surface area contributed by atoms with Crippen LogP contribution in [0.3, 0.4) is 0 Å². The Bertz CT molecular complexity index is 802. The van der Waals surface area contributed by atoms with Crippen LogP contribution in [-0.4, -0.2) is 58.8 Å². The molecule has 0 fully saturated rings. The van der Waals surface area contributed by atoms with E-state index in [-0.39, 0.29) is 11.4 Å². The molecule has 26 heavy (non-hydrogen) atoms. The normalized spacial score (nSPS) is 12.8. The minimum Gasteiger partial charge on any atom is -0.497 e. The summed E-state index contributed by atoms with van der Waals surface area (Å²) in [6.45, 7) is 2.22. The Morgan fingerprint density at radius 2 is 1.58 bits per heavy atom. The van der Waals surface area contributed by atoms with Crippen LogP contribution in [0.4, 0.5) is 5.69 Å². The molecule has 0 aliphatic rings. The molecule has 2 aromatic carbocycles. The number of hydrogen-bond donors (Lipinski definition) is 1. The summed E-state index contributed by atoms with van der Waals surface area (Å²) in [4.78, 5) is 2.01. The van der Waals surface area contributed by atoms with E-state index in [0.29, 0.717) is 18.0 Å². The minimum absolute atomic E-state index is 0.0410. The second-order valence-corrected chi connectivity index (χ2v) is 8.33. The third kappa shape index (κ3) is 4.97. The van der Waals surface area contributed by atoms with Gasteiger partial charge in [0.2, 0.25) is 0 Å². The Morgan fingerprint density at radius 1 is 1.00 bits per heavy atom. The summed E-state index contributed by atoms with van der Waals surface area (Å²) >= 11 is 0. The van der Waals surface area contributed by atoms with Crippen molar-refractivity contribution < 1.29 is 18.3 Å². The molecule has 0 radical (unpaired) electrons. The number of aryl methyl sites for hydroxylation is 1. The number of methoxy groups -OCH3 is 1. The molecule has 0 aliphatic carbocycles. The Balaban J connectivity index is 2.42. The second-order valence-electron chi connectivity index (χ2n) is 6.46. The van der Waals surface area contributed by atoms with E-state index in [2.05, 4.69) is 0 Å². The first kappa shape index (κ1) is 20.2. The number of ether oxygens (including phenoxy) is 1. The topological polar surface area (TPSA) is 70.1 Å². The maximum Gasteiger partial charge on any atom is 0.264 e. The fourth-order valence-corrected chi connectivity index (χ4v) is 4.10. The quantitative estimate of drug-likeness (QED) is 0.762. The summed E-state index contributed by atoms with van der Waals surface area (Å²) in [7, 11) is 1.40. The molecule has 0 unspecified atom stereocenters. The van der Waals surface area contributed by atoms with Crippen molar-refractivity contribution in [2.45, 2.75) is 17.9 Å². The van der Waals surface area contributed by atoms with Crippen LogP contribution in [0.15, 0.2) is 53.4 Å². The number of nitrogens with zero attached hydrogens (tertiary/aromatic N) is 2. The fourth-order valence-electron chi connectivity index (χ4n) is 2.60. The Labute approximate surface area is 155 Å². The first-order valence-corrected chi connectivity index (χ1v) is 9.74. The van der Waals surface area contributed by atoms with Crippen molar-refractivity contribution in [2.24, 2.45) is 0 Å². The zero-order chi connectivity index (χ0) is 19.3. The molecule has 2 aromatic rings. The highest BCUT2D eigenvalue weighted by atomic mass is 32.2. The molecule has 1 atom stereocenters. The van der Waals surface area contributed by atoms with Crippen LogP contribution >= 0.6 is 0 Å². The van der Waals surface area contributed by atoms with Crippen LogP contribution in [0.2, 0.25) is 0 Å². The SMILES string of the molecule is COc1ccc(N(C[C@@H](O)CN(C)C)S(=O)(=O)c2ccc(C)cc2)cc1. The van der Waals surface area contributed by atoms with Crippen molar-refractivity contribution in [1.82, 2.24) is 4.90 Å². The summed E-state index contributed by atoms with van der Waals surface area (Å²) in [6.07, 6.45) is -0.827. The third-order valence-electron chi connectivity index (χ3n) is 3.92. The van der Waals surface area contributed by atoms with Gasteiger partial charge in [0.25, 0.3) is 10.0 Å². The van der Waals surface area contributed by atoms with Crippen molar-refractivity contribution in [3.05, 3.63) is 54.1 Å². The van der Waals surface area contributed by atoms with Crippen LogP contribution in [0, 0.1) is 6.92 Å². The first-order valence-electron chi connectivity index (χ1n) is 8.30. The van der Waals surface area contributed by atoms with Crippen molar-refractivity contribution in [2.75, 3.05) is 38.6 Å². The number of sulfonamides is 1. The van der Waals surface area contributed by atoms with Crippen LogP contribution in [0.5, 0.6) is 5.75 Å². The molecule has 0 heterocycles. The van der Waals surface area contributed by atoms with Gasteiger partial charge in [0.05, 0.1) is 30.3 Å². The summed E-state index contributed by atoms with van der Waals surface area (Å²) in [5.74, 6) is 0.635. The van der Waals surface area contributed by atoms with Gasteiger partial charge in [-0.25, -0.2) is 8.42 Å². The van der Waals surface area contributed by atoms with E-state index < -0.39 is 16.1 Å². The molecular weight excluding hydrogens is 352 g/mol. The molecule has 0 spiro atoms. The van der Waals surface area contributed by atoms with Crippen LogP contribution in [-0.2, 0) is 10.0 Å². The lowest BCUT2D eigenvalue weighted by Gasteiger charge is -2.28. The Kier molecular flexibility index (Phi) is 6.63. The van der Waals surface area contributed by atoms with E-state index in [1.54, 1.807) is 55.6 Å². The number of anilines is 1. The van der Waals surface area contributed by atoms with Gasteiger partial charge in [-0.3, -0.25) is 4.31 Å². The monoisotopic (exact) mass is 378 g/mol. The van der Waals surface area contributed by atoms with Crippen molar-refractivity contribution in [3.8, 4) is 5.75 Å². The van der Waals surface area contributed by atoms with Crippen LogP contribution in [0.1, 0.15) is 5.56 Å². The third-order valence-corrected chi connectivity index (χ3v) is 5.73. The van der Waals surface area contributed by atoms with Crippen molar-refractivity contribution in [3.63, 3.8) is 0 Å². The Hall–Kier alpha value is -2.09. The zero-order valence-electron chi connectivity index (χ0n) is 15.6. The maximum absolute atomic E-state index is 13.2. The average Bonchev–Trinajstić information content (AvgIpc) is 2.59. The summed E-state index contributed by atoms with van der Waals surface area (Å²) in [5, 5.41) is 10.3. The second kappa shape index (κ2) is 8.53. The molecule has 0 amide bonds. The molecular formula is C19H26N2O4S. The summed E-state index contributed by atoms with van der Waals surface area (Å²) < 4.78 is 32.8. The maximum atomic E-state index is 13.2. The molecule has 6 nitrogen and oxygen atoms in total. The standard InChI is InChI=1S/C19H26N2O4S/c1-15-5-11-19(12-6-15)26(23,24)21(14-17(22)13-20(2)3)16-7-9-18(25-4)10-8-16/h5-12,17,22H,13-14H2,1-4H3/t17-/m0/s1. The van der Waals surface area contributed by atoms with E-state index in [1.807, 2.05) is 25.9 Å². The van der Waals surface area contributed by atoms with Gasteiger partial charge in [-0.1, -0.05) is 17.7 Å². The fraction of sp³-hybridized carbons (Fsp3) is 0.368. The molecule has 1 N–H and O–H groups in total. The highest BCUT2D eigenvalue weighted by molar-refractivity contribution is 7.92. The minimum atomic E-state index is -3.81. The van der Waals surface area contributed by atoms with Gasteiger partial charge in [0.15, 0.2) is 0 Å². The largest absolute Gasteiger partial charge is 0.497 e. The van der Waals surface area contributed by atoms with Crippen LogP contribution < -0.4 is 9.04 Å². The Morgan fingerprint density at radius 3 is 2.08 bits per heavy atom. The van der Waals surface area contributed by atoms with Gasteiger partial charge < -0.3 is 14.7 Å². The van der Waals surface area contributed by atoms with E-state index in [1.165, 1.54) is 4.31 Å². The molecule has 0 saturated carbocycles. The van der Waals surface area contributed by atoms with Crippen molar-refractivity contribution >= 4 is 15.7 Å². The smallest absolute Gasteiger partial charge is 0.264 e. The predicted molar refractivity (Wildman–Crippen MR) is 103 cm³/mol. The molecule has 0 saturated heterocycles. The molecule has 0 aromatic heterocycles. The number of benzene rings is 2. The van der Waals surface area contributed by atoms with Crippen molar-refractivity contribution in [1.29, 1.82) is 0 Å². The number of aliphatic hydroxyl groups is 1. The average molecular weight is 378 g/mol. The molecule has 142 valence electrons. The van der Waals surface area contributed by atoms with Crippen LogP contribution in [0.25, 0.3) is 0 Å². The highest BCUT2D eigenvalue weighted by Gasteiger charge is 2.27. The molecule has 0 aliphatic heterocycles. The van der Waals surface area contributed by atoms with Gasteiger partial charge in [-0.05, 0) is 57.4 Å². The highest BCUT2D eigenvalue weighted by Crippen LogP contribution is 2.26. The summed E-state index contributed by atoms with van der Waals surface area (Å²) in [6, 6.07) is 13.4. The lowest BCUT2D eigenvalue weighted by Crippen LogP contribution is -2.41. The number of hydrogen-bond acceptors (Lipinski definition) is 5. The van der Waals surface area contributed by atoms with E-state index >= 15 is 0 Å². The number of aliphatic hydroxyl groups excluding tert-OH is 1. The lowest BCUT2D eigenvalue weighted by molar-refractivity contribution is 0.145. The van der Waals surface area contributed by atoms with E-state index in [0.717, 1.165) is 5.56 Å². The van der Waals surface area contributed by atoms with Gasteiger partial charge >= 0.3 is 0 Å². The van der Waals surface area contributed by atoms with Gasteiger partial charge in [0, 0.05) is 6.54 Å². The number of likely N-dealkylation sites (N-methyl/N-ethyl adjacent to an activating group) is 1. The predicted octanol–water partition coefficient (Wildman–Crippen LogP) is 2.12. The molecule has 7 heteroatoms. The van der Waals surface area contributed by atoms with Gasteiger partial charge in [-0.2, -0.15) is 0 Å². The summed E-state index contributed by atoms with van der Waals surface area (Å²) in [5.41, 5.74) is 1.46. The lowest BCUT2D eigenvalue weighted by atomic mass is 10.2.